The maximum Gasteiger partial charge on any atom is 0.307 e. The van der Waals surface area contributed by atoms with Gasteiger partial charge in [0.1, 0.15) is 0 Å². The molecular formula is C9H16N2O2. The Bertz CT molecular complexity index is 187. The van der Waals surface area contributed by atoms with Gasteiger partial charge in [0, 0.05) is 12.6 Å². The highest BCUT2D eigenvalue weighted by atomic mass is 16.5. The van der Waals surface area contributed by atoms with Crippen molar-refractivity contribution in [1.82, 2.24) is 5.32 Å². The normalized spacial score (nSPS) is 11.8. The van der Waals surface area contributed by atoms with Crippen LogP contribution < -0.4 is 5.32 Å². The SMILES string of the molecule is CCOC(=O)CCN[C@@H](C)CC#N. The minimum absolute atomic E-state index is 0.138. The Hall–Kier alpha value is -1.08. The lowest BCUT2D eigenvalue weighted by Gasteiger charge is -2.08. The average Bonchev–Trinajstić information content (AvgIpc) is 2.05. The molecule has 0 unspecified atom stereocenters. The van der Waals surface area contributed by atoms with Crippen LogP contribution in [0.5, 0.6) is 0 Å². The summed E-state index contributed by atoms with van der Waals surface area (Å²) in [7, 11) is 0. The summed E-state index contributed by atoms with van der Waals surface area (Å²) in [6, 6.07) is 2.19. The van der Waals surface area contributed by atoms with Gasteiger partial charge >= 0.3 is 5.97 Å². The van der Waals surface area contributed by atoms with Gasteiger partial charge in [-0.3, -0.25) is 4.79 Å². The van der Waals surface area contributed by atoms with Crippen molar-refractivity contribution in [2.75, 3.05) is 13.2 Å². The van der Waals surface area contributed by atoms with Crippen LogP contribution in [0.15, 0.2) is 0 Å². The van der Waals surface area contributed by atoms with Gasteiger partial charge in [0.15, 0.2) is 0 Å². The van der Waals surface area contributed by atoms with Gasteiger partial charge in [0.25, 0.3) is 0 Å². The van der Waals surface area contributed by atoms with Crippen LogP contribution in [0.3, 0.4) is 0 Å². The van der Waals surface area contributed by atoms with Crippen LogP contribution in [0.25, 0.3) is 0 Å². The van der Waals surface area contributed by atoms with Crippen LogP contribution in [0.2, 0.25) is 0 Å². The fourth-order valence-corrected chi connectivity index (χ4v) is 0.863. The molecule has 0 amide bonds. The Morgan fingerprint density at radius 1 is 1.69 bits per heavy atom. The molecule has 1 N–H and O–H groups in total. The number of esters is 1. The van der Waals surface area contributed by atoms with E-state index in [-0.39, 0.29) is 12.0 Å². The molecule has 0 aliphatic heterocycles. The second kappa shape index (κ2) is 7.56. The lowest BCUT2D eigenvalue weighted by Crippen LogP contribution is -2.28. The molecule has 0 aromatic carbocycles. The second-order valence-corrected chi connectivity index (χ2v) is 2.77. The molecule has 13 heavy (non-hydrogen) atoms. The molecule has 0 aliphatic carbocycles. The van der Waals surface area contributed by atoms with E-state index in [2.05, 4.69) is 11.4 Å². The van der Waals surface area contributed by atoms with Gasteiger partial charge in [0.2, 0.25) is 0 Å². The third-order valence-corrected chi connectivity index (χ3v) is 1.52. The van der Waals surface area contributed by atoms with Crippen molar-refractivity contribution in [2.45, 2.75) is 32.7 Å². The van der Waals surface area contributed by atoms with Crippen molar-refractivity contribution in [3.63, 3.8) is 0 Å². The van der Waals surface area contributed by atoms with Gasteiger partial charge in [-0.05, 0) is 13.8 Å². The Labute approximate surface area is 78.9 Å². The first kappa shape index (κ1) is 11.9. The molecule has 1 atom stereocenters. The van der Waals surface area contributed by atoms with Crippen molar-refractivity contribution in [2.24, 2.45) is 0 Å². The molecule has 0 aliphatic rings. The Morgan fingerprint density at radius 2 is 2.38 bits per heavy atom. The zero-order valence-corrected chi connectivity index (χ0v) is 8.17. The molecular weight excluding hydrogens is 168 g/mol. The zero-order chi connectivity index (χ0) is 10.1. The first-order chi connectivity index (χ1) is 6.20. The van der Waals surface area contributed by atoms with E-state index >= 15 is 0 Å². The summed E-state index contributed by atoms with van der Waals surface area (Å²) in [5.74, 6) is -0.195. The highest BCUT2D eigenvalue weighted by Crippen LogP contribution is 1.89. The highest BCUT2D eigenvalue weighted by Gasteiger charge is 2.03. The minimum Gasteiger partial charge on any atom is -0.466 e. The average molecular weight is 184 g/mol. The van der Waals surface area contributed by atoms with Crippen molar-refractivity contribution in [3.8, 4) is 6.07 Å². The van der Waals surface area contributed by atoms with E-state index in [4.69, 9.17) is 10.00 Å². The number of ether oxygens (including phenoxy) is 1. The van der Waals surface area contributed by atoms with E-state index in [1.54, 1.807) is 6.92 Å². The molecule has 0 aromatic heterocycles. The number of hydrogen-bond acceptors (Lipinski definition) is 4. The molecule has 0 rings (SSSR count). The third kappa shape index (κ3) is 7.29. The number of carbonyl (C=O) groups is 1. The molecule has 74 valence electrons. The van der Waals surface area contributed by atoms with Crippen LogP contribution in [-0.2, 0) is 9.53 Å². The minimum atomic E-state index is -0.195. The molecule has 0 radical (unpaired) electrons. The summed E-state index contributed by atoms with van der Waals surface area (Å²) in [4.78, 5) is 10.9. The Kier molecular flexibility index (Phi) is 6.93. The Balaban J connectivity index is 3.34. The topological polar surface area (TPSA) is 62.1 Å². The molecule has 0 spiro atoms. The predicted molar refractivity (Wildman–Crippen MR) is 48.9 cm³/mol. The second-order valence-electron chi connectivity index (χ2n) is 2.77. The van der Waals surface area contributed by atoms with Gasteiger partial charge in [-0.25, -0.2) is 0 Å². The van der Waals surface area contributed by atoms with Crippen molar-refractivity contribution in [3.05, 3.63) is 0 Å². The molecule has 0 fully saturated rings. The quantitative estimate of drug-likeness (QED) is 0.621. The van der Waals surface area contributed by atoms with E-state index in [9.17, 15) is 4.79 Å². The number of nitrogens with one attached hydrogen (secondary N) is 1. The maximum absolute atomic E-state index is 10.9. The monoisotopic (exact) mass is 184 g/mol. The molecule has 0 saturated heterocycles. The summed E-state index contributed by atoms with van der Waals surface area (Å²) >= 11 is 0. The van der Waals surface area contributed by atoms with E-state index in [0.717, 1.165) is 0 Å². The number of rotatable bonds is 6. The fraction of sp³-hybridized carbons (Fsp3) is 0.778. The summed E-state index contributed by atoms with van der Waals surface area (Å²) in [5.41, 5.74) is 0. The smallest absolute Gasteiger partial charge is 0.307 e. The summed E-state index contributed by atoms with van der Waals surface area (Å²) in [5, 5.41) is 11.4. The zero-order valence-electron chi connectivity index (χ0n) is 8.17. The van der Waals surface area contributed by atoms with Crippen LogP contribution in [-0.4, -0.2) is 25.2 Å². The largest absolute Gasteiger partial charge is 0.466 e. The van der Waals surface area contributed by atoms with Crippen molar-refractivity contribution in [1.29, 1.82) is 5.26 Å². The van der Waals surface area contributed by atoms with Crippen LogP contribution in [0.4, 0.5) is 0 Å². The fourth-order valence-electron chi connectivity index (χ4n) is 0.863. The van der Waals surface area contributed by atoms with Gasteiger partial charge in [-0.15, -0.1) is 0 Å². The third-order valence-electron chi connectivity index (χ3n) is 1.52. The highest BCUT2D eigenvalue weighted by molar-refractivity contribution is 5.69. The number of hydrogen-bond donors (Lipinski definition) is 1. The first-order valence-corrected chi connectivity index (χ1v) is 4.46. The predicted octanol–water partition coefficient (Wildman–Crippen LogP) is 0.831. The summed E-state index contributed by atoms with van der Waals surface area (Å²) in [6.45, 7) is 4.69. The summed E-state index contributed by atoms with van der Waals surface area (Å²) in [6.07, 6.45) is 0.826. The molecule has 0 aromatic rings. The van der Waals surface area contributed by atoms with Gasteiger partial charge in [-0.1, -0.05) is 0 Å². The lowest BCUT2D eigenvalue weighted by atomic mass is 10.2. The van der Waals surface area contributed by atoms with Crippen LogP contribution in [0.1, 0.15) is 26.7 Å². The molecule has 0 bridgehead atoms. The first-order valence-electron chi connectivity index (χ1n) is 4.46. The number of nitrogens with zero attached hydrogens (tertiary/aromatic N) is 1. The van der Waals surface area contributed by atoms with Gasteiger partial charge in [0.05, 0.1) is 25.5 Å². The van der Waals surface area contributed by atoms with E-state index < -0.39 is 0 Å². The lowest BCUT2D eigenvalue weighted by molar-refractivity contribution is -0.142. The molecule has 0 heterocycles. The van der Waals surface area contributed by atoms with E-state index in [1.165, 1.54) is 0 Å². The van der Waals surface area contributed by atoms with Crippen molar-refractivity contribution >= 4 is 5.97 Å². The van der Waals surface area contributed by atoms with Gasteiger partial charge in [-0.2, -0.15) is 5.26 Å². The van der Waals surface area contributed by atoms with E-state index in [1.807, 2.05) is 6.92 Å². The van der Waals surface area contributed by atoms with Crippen LogP contribution >= 0.6 is 0 Å². The number of carbonyl (C=O) groups excluding carboxylic acids is 1. The van der Waals surface area contributed by atoms with Gasteiger partial charge < -0.3 is 10.1 Å². The summed E-state index contributed by atoms with van der Waals surface area (Å²) < 4.78 is 4.74. The number of nitriles is 1. The van der Waals surface area contributed by atoms with E-state index in [0.29, 0.717) is 26.0 Å². The standard InChI is InChI=1S/C9H16N2O2/c1-3-13-9(12)5-7-11-8(2)4-6-10/h8,11H,3-5,7H2,1-2H3/t8-/m0/s1. The molecule has 4 heteroatoms. The molecule has 0 saturated carbocycles. The maximum atomic E-state index is 10.9. The Morgan fingerprint density at radius 3 is 2.92 bits per heavy atom. The van der Waals surface area contributed by atoms with Crippen LogP contribution in [0, 0.1) is 11.3 Å². The van der Waals surface area contributed by atoms with Crippen molar-refractivity contribution < 1.29 is 9.53 Å². The molecule has 4 nitrogen and oxygen atoms in total.